The quantitative estimate of drug-likeness (QED) is 0.400. The second-order valence-corrected chi connectivity index (χ2v) is 8.97. The maximum absolute atomic E-state index is 13.9. The summed E-state index contributed by atoms with van der Waals surface area (Å²) in [5, 5.41) is 14.2. The van der Waals surface area contributed by atoms with Gasteiger partial charge in [0, 0.05) is 22.6 Å². The van der Waals surface area contributed by atoms with Gasteiger partial charge in [-0.15, -0.1) is 10.2 Å². The molecule has 2 aromatic carbocycles. The number of thioether (sulfide) groups is 1. The number of hydrogen-bond donors (Lipinski definition) is 2. The zero-order valence-electron chi connectivity index (χ0n) is 18.2. The Kier molecular flexibility index (Phi) is 8.20. The van der Waals surface area contributed by atoms with Crippen molar-refractivity contribution in [2.24, 2.45) is 0 Å². The minimum Gasteiger partial charge on any atom is -0.342 e. The molecule has 1 heterocycles. The molecule has 174 valence electrons. The smallest absolute Gasteiger partial charge is 0.252 e. The van der Waals surface area contributed by atoms with Crippen molar-refractivity contribution in [3.63, 3.8) is 0 Å². The fraction of sp³-hybridized carbons (Fsp3) is 0.273. The summed E-state index contributed by atoms with van der Waals surface area (Å²) < 4.78 is 29.1. The molecule has 3 aromatic rings. The number of carbonyl (C=O) groups excluding carboxylic acids is 2. The van der Waals surface area contributed by atoms with Crippen molar-refractivity contribution in [3.05, 3.63) is 69.5 Å². The van der Waals surface area contributed by atoms with Crippen LogP contribution in [0.25, 0.3) is 0 Å². The number of nitrogens with zero attached hydrogens (tertiary/aromatic N) is 3. The van der Waals surface area contributed by atoms with Crippen LogP contribution in [-0.4, -0.2) is 32.3 Å². The number of anilines is 1. The van der Waals surface area contributed by atoms with Crippen LogP contribution in [0.15, 0.2) is 46.0 Å². The van der Waals surface area contributed by atoms with E-state index in [1.807, 2.05) is 32.9 Å². The van der Waals surface area contributed by atoms with Crippen LogP contribution in [0.5, 0.6) is 0 Å². The highest BCUT2D eigenvalue weighted by molar-refractivity contribution is 9.10. The van der Waals surface area contributed by atoms with Gasteiger partial charge in [0.05, 0.1) is 17.5 Å². The van der Waals surface area contributed by atoms with E-state index in [-0.39, 0.29) is 21.8 Å². The van der Waals surface area contributed by atoms with Gasteiger partial charge in [-0.25, -0.2) is 8.78 Å². The fourth-order valence-corrected chi connectivity index (χ4v) is 4.47. The van der Waals surface area contributed by atoms with Crippen molar-refractivity contribution >= 4 is 45.2 Å². The fourth-order valence-electron chi connectivity index (χ4n) is 3.16. The highest BCUT2D eigenvalue weighted by atomic mass is 79.9. The number of amides is 2. The summed E-state index contributed by atoms with van der Waals surface area (Å²) in [5.41, 5.74) is 1.32. The highest BCUT2D eigenvalue weighted by Gasteiger charge is 2.21. The second kappa shape index (κ2) is 10.9. The van der Waals surface area contributed by atoms with Gasteiger partial charge in [0.15, 0.2) is 16.8 Å². The van der Waals surface area contributed by atoms with Crippen LogP contribution in [0.1, 0.15) is 41.6 Å². The van der Waals surface area contributed by atoms with Crippen LogP contribution in [0.4, 0.5) is 14.5 Å². The first-order valence-corrected chi connectivity index (χ1v) is 11.9. The average Bonchev–Trinajstić information content (AvgIpc) is 3.18. The maximum Gasteiger partial charge on any atom is 0.252 e. The van der Waals surface area contributed by atoms with Gasteiger partial charge < -0.3 is 15.2 Å². The largest absolute Gasteiger partial charge is 0.342 e. The Morgan fingerprint density at radius 1 is 1.21 bits per heavy atom. The van der Waals surface area contributed by atoms with E-state index >= 15 is 0 Å². The van der Waals surface area contributed by atoms with E-state index in [9.17, 15) is 18.4 Å². The van der Waals surface area contributed by atoms with Gasteiger partial charge in [0.2, 0.25) is 5.91 Å². The molecule has 0 radical (unpaired) electrons. The maximum atomic E-state index is 13.9. The van der Waals surface area contributed by atoms with Crippen molar-refractivity contribution in [1.82, 2.24) is 20.1 Å². The molecule has 1 atom stereocenters. The number of nitrogens with one attached hydrogen (secondary N) is 2. The van der Waals surface area contributed by atoms with Gasteiger partial charge in [-0.2, -0.15) is 0 Å². The molecule has 0 bridgehead atoms. The second-order valence-electron chi connectivity index (χ2n) is 7.18. The molecule has 0 aliphatic carbocycles. The van der Waals surface area contributed by atoms with E-state index in [1.165, 1.54) is 0 Å². The average molecular weight is 538 g/mol. The Labute approximate surface area is 202 Å². The van der Waals surface area contributed by atoms with Crippen LogP contribution < -0.4 is 10.6 Å². The molecule has 3 rings (SSSR count). The summed E-state index contributed by atoms with van der Waals surface area (Å²) >= 11 is 4.17. The molecule has 0 aliphatic heterocycles. The highest BCUT2D eigenvalue weighted by Crippen LogP contribution is 2.27. The number of carbonyl (C=O) groups is 2. The Morgan fingerprint density at radius 2 is 1.94 bits per heavy atom. The number of aryl methyl sites for hydroxylation is 1. The molecule has 0 unspecified atom stereocenters. The lowest BCUT2D eigenvalue weighted by Crippen LogP contribution is -2.29. The Balaban J connectivity index is 1.66. The van der Waals surface area contributed by atoms with Crippen molar-refractivity contribution in [2.75, 3.05) is 11.1 Å². The zero-order chi connectivity index (χ0) is 24.1. The first-order chi connectivity index (χ1) is 15.7. The predicted octanol–water partition coefficient (Wildman–Crippen LogP) is 4.87. The molecule has 2 N–H and O–H groups in total. The number of benzene rings is 2. The molecule has 0 spiro atoms. The number of halogens is 3. The molecular weight excluding hydrogens is 516 g/mol. The first kappa shape index (κ1) is 24.8. The van der Waals surface area contributed by atoms with Gasteiger partial charge in [0.25, 0.3) is 5.91 Å². The van der Waals surface area contributed by atoms with Gasteiger partial charge >= 0.3 is 0 Å². The summed E-state index contributed by atoms with van der Waals surface area (Å²) in [6.07, 6.45) is 0. The van der Waals surface area contributed by atoms with E-state index in [2.05, 4.69) is 36.8 Å². The molecule has 7 nitrogen and oxygen atoms in total. The normalized spacial score (nSPS) is 11.8. The van der Waals surface area contributed by atoms with E-state index in [1.54, 1.807) is 16.7 Å². The van der Waals surface area contributed by atoms with E-state index in [4.69, 9.17) is 0 Å². The lowest BCUT2D eigenvalue weighted by Gasteiger charge is -2.16. The molecular formula is C22H22BrF2N5O2S. The summed E-state index contributed by atoms with van der Waals surface area (Å²) in [4.78, 5) is 25.0. The van der Waals surface area contributed by atoms with Gasteiger partial charge in [-0.1, -0.05) is 30.0 Å². The zero-order valence-corrected chi connectivity index (χ0v) is 20.6. The summed E-state index contributed by atoms with van der Waals surface area (Å²) in [7, 11) is 0. The predicted molar refractivity (Wildman–Crippen MR) is 126 cm³/mol. The topological polar surface area (TPSA) is 88.9 Å². The van der Waals surface area contributed by atoms with Gasteiger partial charge in [0.1, 0.15) is 5.82 Å². The van der Waals surface area contributed by atoms with Crippen molar-refractivity contribution in [3.8, 4) is 0 Å². The molecule has 1 aromatic heterocycles. The Hall–Kier alpha value is -2.79. The third kappa shape index (κ3) is 5.97. The molecule has 0 saturated heterocycles. The molecule has 0 aliphatic rings. The minimum atomic E-state index is -0.877. The summed E-state index contributed by atoms with van der Waals surface area (Å²) in [6, 6.07) is 8.63. The molecule has 2 amide bonds. The molecule has 0 saturated carbocycles. The molecule has 33 heavy (non-hydrogen) atoms. The van der Waals surface area contributed by atoms with Crippen LogP contribution in [-0.2, 0) is 11.3 Å². The van der Waals surface area contributed by atoms with Crippen LogP contribution in [0.2, 0.25) is 0 Å². The Bertz CT molecular complexity index is 1160. The van der Waals surface area contributed by atoms with Crippen LogP contribution in [0.3, 0.4) is 0 Å². The van der Waals surface area contributed by atoms with Crippen molar-refractivity contribution in [1.29, 1.82) is 0 Å². The third-order valence-electron chi connectivity index (χ3n) is 4.79. The lowest BCUT2D eigenvalue weighted by atomic mass is 10.1. The van der Waals surface area contributed by atoms with E-state index in [0.717, 1.165) is 23.4 Å². The van der Waals surface area contributed by atoms with Crippen molar-refractivity contribution in [2.45, 2.75) is 38.5 Å². The number of hydrogen-bond acceptors (Lipinski definition) is 5. The van der Waals surface area contributed by atoms with Crippen LogP contribution >= 0.6 is 27.7 Å². The third-order valence-corrected chi connectivity index (χ3v) is 6.38. The van der Waals surface area contributed by atoms with E-state index < -0.39 is 23.6 Å². The van der Waals surface area contributed by atoms with Gasteiger partial charge in [-0.3, -0.25) is 9.59 Å². The van der Waals surface area contributed by atoms with E-state index in [0.29, 0.717) is 29.2 Å². The lowest BCUT2D eigenvalue weighted by molar-refractivity contribution is -0.113. The molecule has 0 fully saturated rings. The number of aromatic nitrogens is 3. The SMILES string of the molecule is CCn1c(SCC(=O)Nc2c(F)cc(F)cc2Br)nnc1[C@@H](C)NC(=O)c1ccccc1C. The minimum absolute atomic E-state index is 0.0641. The van der Waals surface area contributed by atoms with Gasteiger partial charge in [-0.05, 0) is 54.4 Å². The summed E-state index contributed by atoms with van der Waals surface area (Å²) in [5.74, 6) is -1.84. The number of rotatable bonds is 8. The monoisotopic (exact) mass is 537 g/mol. The first-order valence-electron chi connectivity index (χ1n) is 10.1. The summed E-state index contributed by atoms with van der Waals surface area (Å²) in [6.45, 7) is 6.10. The van der Waals surface area contributed by atoms with Crippen molar-refractivity contribution < 1.29 is 18.4 Å². The standard InChI is InChI=1S/C22H22BrF2N5O2S/c1-4-30-20(13(3)26-21(32)15-8-6-5-7-12(15)2)28-29-22(30)33-11-18(31)27-19-16(23)9-14(24)10-17(19)25/h5-10,13H,4,11H2,1-3H3,(H,26,32)(H,27,31)/t13-/m1/s1. The molecule has 11 heteroatoms. The Morgan fingerprint density at radius 3 is 2.61 bits per heavy atom. The van der Waals surface area contributed by atoms with Crippen LogP contribution in [0, 0.1) is 18.6 Å².